The van der Waals surface area contributed by atoms with E-state index in [1.807, 2.05) is 5.38 Å². The third kappa shape index (κ3) is 3.52. The Labute approximate surface area is 128 Å². The van der Waals surface area contributed by atoms with Gasteiger partial charge in [0.05, 0.1) is 6.21 Å². The number of carbonyl (C=O) groups is 1. The van der Waals surface area contributed by atoms with Crippen molar-refractivity contribution in [3.8, 4) is 5.75 Å². The lowest BCUT2D eigenvalue weighted by atomic mass is 10.2. The maximum Gasteiger partial charge on any atom is 0.353 e. The van der Waals surface area contributed by atoms with E-state index in [4.69, 9.17) is 4.74 Å². The number of tetrazole rings is 1. The lowest BCUT2D eigenvalue weighted by molar-refractivity contribution is 0.0740. The molecule has 9 heteroatoms. The van der Waals surface area contributed by atoms with Crippen LogP contribution in [0.15, 0.2) is 46.9 Å². The predicted molar refractivity (Wildman–Crippen MR) is 81.1 cm³/mol. The largest absolute Gasteiger partial charge is 0.422 e. The first-order valence-corrected chi connectivity index (χ1v) is 7.07. The summed E-state index contributed by atoms with van der Waals surface area (Å²) in [5.41, 5.74) is 3.43. The van der Waals surface area contributed by atoms with E-state index in [2.05, 4.69) is 31.2 Å². The lowest BCUT2D eigenvalue weighted by Crippen LogP contribution is -2.06. The number of esters is 1. The quantitative estimate of drug-likeness (QED) is 0.323. The SMILES string of the molecule is O=C(Oc1ccc(C=NNc2nn[nH]n2)cc1)c1cccs1. The van der Waals surface area contributed by atoms with Crippen LogP contribution in [0.4, 0.5) is 5.95 Å². The maximum absolute atomic E-state index is 11.8. The number of rotatable bonds is 5. The molecule has 8 nitrogen and oxygen atoms in total. The number of anilines is 1. The first-order chi connectivity index (χ1) is 10.8. The first-order valence-electron chi connectivity index (χ1n) is 6.19. The van der Waals surface area contributed by atoms with E-state index in [9.17, 15) is 4.79 Å². The van der Waals surface area contributed by atoms with Crippen molar-refractivity contribution < 1.29 is 9.53 Å². The lowest BCUT2D eigenvalue weighted by Gasteiger charge is -2.02. The summed E-state index contributed by atoms with van der Waals surface area (Å²) in [6, 6.07) is 10.5. The van der Waals surface area contributed by atoms with Crippen LogP contribution >= 0.6 is 11.3 Å². The number of H-pyrrole nitrogens is 1. The number of thiophene rings is 1. The van der Waals surface area contributed by atoms with E-state index in [1.165, 1.54) is 11.3 Å². The molecule has 0 radical (unpaired) electrons. The van der Waals surface area contributed by atoms with E-state index in [-0.39, 0.29) is 11.9 Å². The fourth-order valence-electron chi connectivity index (χ4n) is 1.55. The summed E-state index contributed by atoms with van der Waals surface area (Å²) >= 11 is 1.34. The highest BCUT2D eigenvalue weighted by Gasteiger charge is 2.08. The Hall–Kier alpha value is -3.07. The normalized spacial score (nSPS) is 10.7. The Morgan fingerprint density at radius 2 is 2.18 bits per heavy atom. The van der Waals surface area contributed by atoms with Crippen molar-refractivity contribution in [1.82, 2.24) is 20.6 Å². The fraction of sp³-hybridized carbons (Fsp3) is 0. The van der Waals surface area contributed by atoms with Crippen molar-refractivity contribution in [2.45, 2.75) is 0 Å². The van der Waals surface area contributed by atoms with Gasteiger partial charge >= 0.3 is 5.97 Å². The average Bonchev–Trinajstić information content (AvgIpc) is 3.22. The van der Waals surface area contributed by atoms with Crippen molar-refractivity contribution in [2.24, 2.45) is 5.10 Å². The van der Waals surface area contributed by atoms with Crippen LogP contribution in [0.3, 0.4) is 0 Å². The van der Waals surface area contributed by atoms with Gasteiger partial charge in [0.1, 0.15) is 10.6 Å². The van der Waals surface area contributed by atoms with Gasteiger partial charge in [0, 0.05) is 0 Å². The number of hydrogen-bond donors (Lipinski definition) is 2. The zero-order chi connectivity index (χ0) is 15.2. The number of aromatic nitrogens is 4. The maximum atomic E-state index is 11.8. The molecule has 3 rings (SSSR count). The van der Waals surface area contributed by atoms with Gasteiger partial charge < -0.3 is 4.74 Å². The molecule has 1 aromatic carbocycles. The smallest absolute Gasteiger partial charge is 0.353 e. The van der Waals surface area contributed by atoms with Gasteiger partial charge in [0.15, 0.2) is 0 Å². The zero-order valence-electron chi connectivity index (χ0n) is 11.1. The molecule has 0 fully saturated rings. The third-order valence-electron chi connectivity index (χ3n) is 2.54. The second-order valence-electron chi connectivity index (χ2n) is 4.04. The van der Waals surface area contributed by atoms with Crippen LogP contribution in [0.1, 0.15) is 15.2 Å². The summed E-state index contributed by atoms with van der Waals surface area (Å²) in [5, 5.41) is 18.8. The minimum absolute atomic E-state index is 0.276. The summed E-state index contributed by atoms with van der Waals surface area (Å²) in [4.78, 5) is 12.4. The molecule has 0 atom stereocenters. The van der Waals surface area contributed by atoms with Gasteiger partial charge in [0.2, 0.25) is 0 Å². The summed E-state index contributed by atoms with van der Waals surface area (Å²) < 4.78 is 5.26. The van der Waals surface area contributed by atoms with Gasteiger partial charge in [-0.3, -0.25) is 0 Å². The second-order valence-corrected chi connectivity index (χ2v) is 4.99. The number of hydrogen-bond acceptors (Lipinski definition) is 8. The Bertz CT molecular complexity index is 752. The summed E-state index contributed by atoms with van der Waals surface area (Å²) in [7, 11) is 0. The van der Waals surface area contributed by atoms with E-state index in [1.54, 1.807) is 42.6 Å². The Balaban J connectivity index is 1.58. The zero-order valence-corrected chi connectivity index (χ0v) is 11.9. The van der Waals surface area contributed by atoms with E-state index < -0.39 is 0 Å². The molecular formula is C13H10N6O2S. The fourth-order valence-corrected chi connectivity index (χ4v) is 2.15. The standard InChI is InChI=1S/C13H10N6O2S/c20-12(11-2-1-7-22-11)21-10-5-3-9(4-6-10)8-14-15-13-16-18-19-17-13/h1-8H,(H2,15,16,17,18,19). The molecule has 3 aromatic rings. The number of nitrogens with zero attached hydrogens (tertiary/aromatic N) is 4. The van der Waals surface area contributed by atoms with Crippen LogP contribution in [-0.2, 0) is 0 Å². The number of hydrazone groups is 1. The van der Waals surface area contributed by atoms with Gasteiger partial charge in [-0.05, 0) is 46.5 Å². The molecule has 2 heterocycles. The highest BCUT2D eigenvalue weighted by molar-refractivity contribution is 7.12. The third-order valence-corrected chi connectivity index (χ3v) is 3.39. The summed E-state index contributed by atoms with van der Waals surface area (Å²) in [6.07, 6.45) is 1.58. The molecule has 0 spiro atoms. The van der Waals surface area contributed by atoms with Crippen LogP contribution in [0, 0.1) is 0 Å². The average molecular weight is 314 g/mol. The molecule has 0 aliphatic heterocycles. The predicted octanol–water partition coefficient (Wildman–Crippen LogP) is 1.93. The van der Waals surface area contributed by atoms with Gasteiger partial charge in [0.25, 0.3) is 5.95 Å². The van der Waals surface area contributed by atoms with Gasteiger partial charge in [-0.25, -0.2) is 10.2 Å². The van der Waals surface area contributed by atoms with Crippen molar-refractivity contribution in [1.29, 1.82) is 0 Å². The van der Waals surface area contributed by atoms with Crippen molar-refractivity contribution >= 4 is 29.5 Å². The molecule has 2 N–H and O–H groups in total. The minimum Gasteiger partial charge on any atom is -0.422 e. The molecule has 110 valence electrons. The van der Waals surface area contributed by atoms with E-state index in [0.29, 0.717) is 10.6 Å². The summed E-state index contributed by atoms with van der Waals surface area (Å²) in [6.45, 7) is 0. The molecule has 0 aliphatic carbocycles. The number of aromatic amines is 1. The number of benzene rings is 1. The molecule has 0 amide bonds. The Morgan fingerprint density at radius 3 is 2.86 bits per heavy atom. The minimum atomic E-state index is -0.366. The molecule has 0 unspecified atom stereocenters. The van der Waals surface area contributed by atoms with Crippen molar-refractivity contribution in [2.75, 3.05) is 5.43 Å². The van der Waals surface area contributed by atoms with Crippen LogP contribution in [0.25, 0.3) is 0 Å². The van der Waals surface area contributed by atoms with Crippen molar-refractivity contribution in [3.63, 3.8) is 0 Å². The molecule has 0 saturated carbocycles. The number of nitrogens with one attached hydrogen (secondary N) is 2. The monoisotopic (exact) mass is 314 g/mol. The molecule has 0 aliphatic rings. The van der Waals surface area contributed by atoms with Crippen LogP contribution in [0.2, 0.25) is 0 Å². The summed E-state index contributed by atoms with van der Waals surface area (Å²) in [5.74, 6) is 0.384. The van der Waals surface area contributed by atoms with Crippen LogP contribution in [0.5, 0.6) is 5.75 Å². The van der Waals surface area contributed by atoms with Crippen LogP contribution < -0.4 is 10.2 Å². The second kappa shape index (κ2) is 6.59. The molecule has 2 aromatic heterocycles. The van der Waals surface area contributed by atoms with Crippen molar-refractivity contribution in [3.05, 3.63) is 52.2 Å². The molecular weight excluding hydrogens is 304 g/mol. The van der Waals surface area contributed by atoms with E-state index >= 15 is 0 Å². The number of ether oxygens (including phenoxy) is 1. The highest BCUT2D eigenvalue weighted by atomic mass is 32.1. The highest BCUT2D eigenvalue weighted by Crippen LogP contribution is 2.16. The van der Waals surface area contributed by atoms with Gasteiger partial charge in [-0.2, -0.15) is 10.3 Å². The Morgan fingerprint density at radius 1 is 1.32 bits per heavy atom. The van der Waals surface area contributed by atoms with Gasteiger partial charge in [-0.15, -0.1) is 16.4 Å². The van der Waals surface area contributed by atoms with Crippen LogP contribution in [-0.4, -0.2) is 32.8 Å². The first kappa shape index (κ1) is 13.9. The Kier molecular flexibility index (Phi) is 4.16. The molecule has 22 heavy (non-hydrogen) atoms. The van der Waals surface area contributed by atoms with E-state index in [0.717, 1.165) is 5.56 Å². The molecule has 0 saturated heterocycles. The molecule has 0 bridgehead atoms. The number of carbonyl (C=O) groups excluding carboxylic acids is 1. The van der Waals surface area contributed by atoms with Gasteiger partial charge in [-0.1, -0.05) is 11.2 Å². The topological polar surface area (TPSA) is 105 Å².